The second-order valence-corrected chi connectivity index (χ2v) is 4.76. The van der Waals surface area contributed by atoms with E-state index in [9.17, 15) is 10.1 Å². The molecular weight excluding hydrogens is 218 g/mol. The quantitative estimate of drug-likeness (QED) is 0.482. The topological polar surface area (TPSA) is 52.0 Å². The maximum atomic E-state index is 10.5. The Balaban J connectivity index is 2.48. The van der Waals surface area contributed by atoms with Gasteiger partial charge in [-0.25, -0.2) is 0 Å². The van der Waals surface area contributed by atoms with Crippen LogP contribution in [0.1, 0.15) is 5.56 Å². The van der Waals surface area contributed by atoms with Crippen molar-refractivity contribution < 1.29 is 14.7 Å². The summed E-state index contributed by atoms with van der Waals surface area (Å²) in [5.41, 5.74) is 1.30. The number of non-ortho nitro benzene ring substituents is 1. The van der Waals surface area contributed by atoms with Gasteiger partial charge in [-0.1, -0.05) is 0 Å². The highest BCUT2D eigenvalue weighted by atomic mass is 16.6. The first-order valence-electron chi connectivity index (χ1n) is 5.82. The molecule has 94 valence electrons. The number of nitrogens with one attached hydrogen (secondary N) is 2. The summed E-state index contributed by atoms with van der Waals surface area (Å²) in [4.78, 5) is 13.0. The molecule has 1 rings (SSSR count). The normalized spacial score (nSPS) is 12.7. The van der Waals surface area contributed by atoms with Crippen molar-refractivity contribution >= 4 is 5.69 Å². The molecule has 0 aliphatic rings. The van der Waals surface area contributed by atoms with Gasteiger partial charge in [-0.3, -0.25) is 10.1 Å². The van der Waals surface area contributed by atoms with Crippen molar-refractivity contribution in [2.45, 2.75) is 6.54 Å². The SMILES string of the molecule is C[NH+](C)CC[NH+](C)Cc1ccc([N+](=O)[O-])cc1. The predicted molar refractivity (Wildman–Crippen MR) is 66.2 cm³/mol. The lowest BCUT2D eigenvalue weighted by Gasteiger charge is -2.15. The molecule has 0 amide bonds. The van der Waals surface area contributed by atoms with Gasteiger partial charge in [0, 0.05) is 17.7 Å². The summed E-state index contributed by atoms with van der Waals surface area (Å²) < 4.78 is 0. The Kier molecular flexibility index (Phi) is 5.06. The number of nitro groups is 1. The van der Waals surface area contributed by atoms with Crippen LogP contribution in [-0.4, -0.2) is 39.2 Å². The third kappa shape index (κ3) is 4.93. The van der Waals surface area contributed by atoms with E-state index in [4.69, 9.17) is 0 Å². The zero-order valence-corrected chi connectivity index (χ0v) is 10.7. The summed E-state index contributed by atoms with van der Waals surface area (Å²) in [5.74, 6) is 0. The smallest absolute Gasteiger partial charge is 0.269 e. The molecule has 0 saturated carbocycles. The van der Waals surface area contributed by atoms with Gasteiger partial charge >= 0.3 is 0 Å². The summed E-state index contributed by atoms with van der Waals surface area (Å²) in [6.45, 7) is 3.13. The van der Waals surface area contributed by atoms with Crippen LogP contribution in [0.3, 0.4) is 0 Å². The van der Waals surface area contributed by atoms with Crippen LogP contribution < -0.4 is 9.80 Å². The van der Waals surface area contributed by atoms with Gasteiger partial charge in [-0.15, -0.1) is 0 Å². The summed E-state index contributed by atoms with van der Waals surface area (Å²) in [6, 6.07) is 6.81. The largest absolute Gasteiger partial charge is 0.335 e. The second-order valence-electron chi connectivity index (χ2n) is 4.76. The lowest BCUT2D eigenvalue weighted by molar-refractivity contribution is -0.937. The van der Waals surface area contributed by atoms with E-state index < -0.39 is 0 Å². The van der Waals surface area contributed by atoms with Gasteiger partial charge in [0.1, 0.15) is 19.6 Å². The van der Waals surface area contributed by atoms with Crippen molar-refractivity contribution in [3.63, 3.8) is 0 Å². The number of hydrogen-bond acceptors (Lipinski definition) is 2. The van der Waals surface area contributed by atoms with Gasteiger partial charge in [0.15, 0.2) is 0 Å². The van der Waals surface area contributed by atoms with Gasteiger partial charge in [0.25, 0.3) is 5.69 Å². The van der Waals surface area contributed by atoms with E-state index >= 15 is 0 Å². The highest BCUT2D eigenvalue weighted by molar-refractivity contribution is 5.32. The number of rotatable bonds is 6. The van der Waals surface area contributed by atoms with E-state index in [-0.39, 0.29) is 10.6 Å². The zero-order chi connectivity index (χ0) is 12.8. The fraction of sp³-hybridized carbons (Fsp3) is 0.500. The van der Waals surface area contributed by atoms with Crippen LogP contribution in [0.2, 0.25) is 0 Å². The van der Waals surface area contributed by atoms with E-state index in [0.29, 0.717) is 0 Å². The van der Waals surface area contributed by atoms with Crippen LogP contribution >= 0.6 is 0 Å². The predicted octanol–water partition coefficient (Wildman–Crippen LogP) is -1.25. The highest BCUT2D eigenvalue weighted by Gasteiger charge is 2.08. The molecule has 2 N–H and O–H groups in total. The summed E-state index contributed by atoms with van der Waals surface area (Å²) in [6.07, 6.45) is 0. The van der Waals surface area contributed by atoms with E-state index in [2.05, 4.69) is 21.1 Å². The molecule has 5 heteroatoms. The number of hydrogen-bond donors (Lipinski definition) is 2. The monoisotopic (exact) mass is 239 g/mol. The zero-order valence-electron chi connectivity index (χ0n) is 10.7. The molecule has 1 aromatic carbocycles. The number of benzene rings is 1. The molecule has 1 aromatic rings. The summed E-state index contributed by atoms with van der Waals surface area (Å²) in [7, 11) is 6.42. The molecule has 0 aliphatic heterocycles. The van der Waals surface area contributed by atoms with Crippen molar-refractivity contribution in [1.82, 2.24) is 0 Å². The number of quaternary nitrogens is 2. The minimum Gasteiger partial charge on any atom is -0.335 e. The van der Waals surface area contributed by atoms with E-state index in [0.717, 1.165) is 25.2 Å². The summed E-state index contributed by atoms with van der Waals surface area (Å²) in [5, 5.41) is 10.5. The van der Waals surface area contributed by atoms with Crippen LogP contribution in [0, 0.1) is 10.1 Å². The molecule has 0 saturated heterocycles. The van der Waals surface area contributed by atoms with Crippen molar-refractivity contribution in [2.75, 3.05) is 34.2 Å². The average molecular weight is 239 g/mol. The van der Waals surface area contributed by atoms with Gasteiger partial charge in [-0.05, 0) is 12.1 Å². The first-order chi connectivity index (χ1) is 7.99. The molecule has 0 aromatic heterocycles. The van der Waals surface area contributed by atoms with Gasteiger partial charge < -0.3 is 9.80 Å². The molecule has 1 atom stereocenters. The first kappa shape index (κ1) is 13.6. The van der Waals surface area contributed by atoms with Crippen molar-refractivity contribution in [3.05, 3.63) is 39.9 Å². The fourth-order valence-electron chi connectivity index (χ4n) is 1.64. The molecule has 0 heterocycles. The standard InChI is InChI=1S/C12H19N3O2/c1-13(2)8-9-14(3)10-11-4-6-12(7-5-11)15(16)17/h4-7H,8-10H2,1-3H3/p+2. The Labute approximate surface area is 102 Å². The van der Waals surface area contributed by atoms with E-state index in [1.807, 2.05) is 12.1 Å². The first-order valence-corrected chi connectivity index (χ1v) is 5.82. The van der Waals surface area contributed by atoms with Crippen LogP contribution in [0.15, 0.2) is 24.3 Å². The molecular formula is C12H21N3O2+2. The van der Waals surface area contributed by atoms with E-state index in [1.54, 1.807) is 12.1 Å². The van der Waals surface area contributed by atoms with Crippen LogP contribution in [0.5, 0.6) is 0 Å². The Bertz CT molecular complexity index is 363. The maximum absolute atomic E-state index is 10.5. The summed E-state index contributed by atoms with van der Waals surface area (Å²) >= 11 is 0. The number of likely N-dealkylation sites (N-methyl/N-ethyl adjacent to an activating group) is 2. The molecule has 0 radical (unpaired) electrons. The Morgan fingerprint density at radius 3 is 2.18 bits per heavy atom. The van der Waals surface area contributed by atoms with Gasteiger partial charge in [0.2, 0.25) is 0 Å². The lowest BCUT2D eigenvalue weighted by Crippen LogP contribution is -3.15. The van der Waals surface area contributed by atoms with Crippen molar-refractivity contribution in [2.24, 2.45) is 0 Å². The molecule has 0 fully saturated rings. The fourth-order valence-corrected chi connectivity index (χ4v) is 1.64. The van der Waals surface area contributed by atoms with Crippen LogP contribution in [0.4, 0.5) is 5.69 Å². The van der Waals surface area contributed by atoms with Crippen molar-refractivity contribution in [1.29, 1.82) is 0 Å². The molecule has 0 aliphatic carbocycles. The maximum Gasteiger partial charge on any atom is 0.269 e. The molecule has 0 spiro atoms. The Morgan fingerprint density at radius 2 is 1.71 bits per heavy atom. The van der Waals surface area contributed by atoms with Gasteiger partial charge in [0.05, 0.1) is 26.1 Å². The number of nitro benzene ring substituents is 1. The Morgan fingerprint density at radius 1 is 1.12 bits per heavy atom. The number of nitrogens with zero attached hydrogens (tertiary/aromatic N) is 1. The third-order valence-corrected chi connectivity index (χ3v) is 2.70. The second kappa shape index (κ2) is 6.32. The minimum atomic E-state index is -0.365. The van der Waals surface area contributed by atoms with Crippen LogP contribution in [0.25, 0.3) is 0 Å². The average Bonchev–Trinajstić information content (AvgIpc) is 2.27. The lowest BCUT2D eigenvalue weighted by atomic mass is 10.2. The molecule has 0 bridgehead atoms. The van der Waals surface area contributed by atoms with Gasteiger partial charge in [-0.2, -0.15) is 0 Å². The highest BCUT2D eigenvalue weighted by Crippen LogP contribution is 2.10. The molecule has 17 heavy (non-hydrogen) atoms. The molecule has 5 nitrogen and oxygen atoms in total. The molecule has 1 unspecified atom stereocenters. The minimum absolute atomic E-state index is 0.157. The van der Waals surface area contributed by atoms with Crippen LogP contribution in [-0.2, 0) is 6.54 Å². The van der Waals surface area contributed by atoms with E-state index in [1.165, 1.54) is 9.80 Å². The Hall–Kier alpha value is -1.46. The van der Waals surface area contributed by atoms with Crippen molar-refractivity contribution in [3.8, 4) is 0 Å². The third-order valence-electron chi connectivity index (χ3n) is 2.70.